The summed E-state index contributed by atoms with van der Waals surface area (Å²) in [5.74, 6) is 1.45. The van der Waals surface area contributed by atoms with Crippen LogP contribution in [0.25, 0.3) is 6.08 Å². The molecule has 0 radical (unpaired) electrons. The summed E-state index contributed by atoms with van der Waals surface area (Å²) >= 11 is 0. The van der Waals surface area contributed by atoms with E-state index in [1.807, 2.05) is 12.1 Å². The first-order chi connectivity index (χ1) is 14.0. The third-order valence-corrected chi connectivity index (χ3v) is 4.50. The molecule has 0 aliphatic carbocycles. The van der Waals surface area contributed by atoms with Crippen LogP contribution in [0.5, 0.6) is 17.2 Å². The van der Waals surface area contributed by atoms with Crippen LogP contribution in [-0.4, -0.2) is 18.9 Å². The van der Waals surface area contributed by atoms with Crippen molar-refractivity contribution >= 4 is 17.8 Å². The van der Waals surface area contributed by atoms with Crippen molar-refractivity contribution in [1.29, 1.82) is 0 Å². The fourth-order valence-corrected chi connectivity index (χ4v) is 3.12. The molecule has 4 rings (SSSR count). The normalized spacial score (nSPS) is 13.9. The lowest BCUT2D eigenvalue weighted by atomic mass is 10.0. The summed E-state index contributed by atoms with van der Waals surface area (Å²) in [5, 5.41) is 0. The number of ether oxygens (including phenoxy) is 3. The van der Waals surface area contributed by atoms with Crippen molar-refractivity contribution in [3.05, 3.63) is 83.0 Å². The maximum absolute atomic E-state index is 12.6. The lowest BCUT2D eigenvalue weighted by Gasteiger charge is -2.08. The highest BCUT2D eigenvalue weighted by molar-refractivity contribution is 6.15. The zero-order valence-corrected chi connectivity index (χ0v) is 15.9. The molecule has 0 atom stereocenters. The molecule has 29 heavy (non-hydrogen) atoms. The Morgan fingerprint density at radius 3 is 2.59 bits per heavy atom. The van der Waals surface area contributed by atoms with E-state index < -0.39 is 5.97 Å². The minimum Gasteiger partial charge on any atom is -0.497 e. The zero-order chi connectivity index (χ0) is 20.4. The minimum atomic E-state index is -0.412. The fourth-order valence-electron chi connectivity index (χ4n) is 3.12. The zero-order valence-electron chi connectivity index (χ0n) is 15.9. The molecule has 1 aliphatic heterocycles. The number of carbonyl (C=O) groups excluding carboxylic acids is 2. The van der Waals surface area contributed by atoms with Gasteiger partial charge in [-0.05, 0) is 48.4 Å². The summed E-state index contributed by atoms with van der Waals surface area (Å²) in [6.45, 7) is 1.77. The molecule has 0 amide bonds. The standard InChI is InChI=1S/C23H18O6/c1-14-10-18(28-21(24)11-15-5-7-16(26-2)8-6-15)13-19-22(14)23(25)20(29-19)12-17-4-3-9-27-17/h3-10,12-13H,11H2,1-2H3/b20-12-. The molecule has 3 aromatic rings. The quantitative estimate of drug-likeness (QED) is 0.366. The fraction of sp³-hybridized carbons (Fsp3) is 0.130. The number of aryl methyl sites for hydroxylation is 1. The summed E-state index contributed by atoms with van der Waals surface area (Å²) in [7, 11) is 1.58. The summed E-state index contributed by atoms with van der Waals surface area (Å²) in [4.78, 5) is 24.9. The van der Waals surface area contributed by atoms with E-state index in [4.69, 9.17) is 18.6 Å². The Hall–Kier alpha value is -3.80. The van der Waals surface area contributed by atoms with Gasteiger partial charge in [-0.15, -0.1) is 0 Å². The van der Waals surface area contributed by atoms with Gasteiger partial charge in [0.25, 0.3) is 0 Å². The average Bonchev–Trinajstić information content (AvgIpc) is 3.31. The SMILES string of the molecule is COc1ccc(CC(=O)Oc2cc(C)c3c(c2)O/C(=C\c2ccco2)C3=O)cc1. The molecule has 6 nitrogen and oxygen atoms in total. The Kier molecular flexibility index (Phi) is 4.91. The van der Waals surface area contributed by atoms with Crippen molar-refractivity contribution in [1.82, 2.24) is 0 Å². The van der Waals surface area contributed by atoms with Crippen molar-refractivity contribution in [3.8, 4) is 17.2 Å². The Bertz CT molecular complexity index is 1090. The van der Waals surface area contributed by atoms with E-state index in [2.05, 4.69) is 0 Å². The smallest absolute Gasteiger partial charge is 0.315 e. The van der Waals surface area contributed by atoms with Gasteiger partial charge in [0, 0.05) is 12.1 Å². The van der Waals surface area contributed by atoms with Gasteiger partial charge in [-0.25, -0.2) is 0 Å². The third-order valence-electron chi connectivity index (χ3n) is 4.50. The molecule has 2 aromatic carbocycles. The van der Waals surface area contributed by atoms with Crippen LogP contribution in [-0.2, 0) is 11.2 Å². The summed E-state index contributed by atoms with van der Waals surface area (Å²) in [6, 6.07) is 13.8. The van der Waals surface area contributed by atoms with Crippen LogP contribution in [0.1, 0.15) is 27.2 Å². The topological polar surface area (TPSA) is 75.0 Å². The molecule has 0 saturated heterocycles. The number of furan rings is 1. The van der Waals surface area contributed by atoms with Crippen molar-refractivity contribution in [3.63, 3.8) is 0 Å². The second-order valence-electron chi connectivity index (χ2n) is 6.57. The maximum atomic E-state index is 12.6. The molecular formula is C23H18O6. The highest BCUT2D eigenvalue weighted by atomic mass is 16.5. The Labute approximate surface area is 167 Å². The van der Waals surface area contributed by atoms with Gasteiger partial charge >= 0.3 is 5.97 Å². The number of Topliss-reactive ketones (excluding diaryl/α,β-unsaturated/α-hetero) is 1. The number of ketones is 1. The largest absolute Gasteiger partial charge is 0.497 e. The van der Waals surface area contributed by atoms with Gasteiger partial charge in [-0.1, -0.05) is 12.1 Å². The molecule has 0 fully saturated rings. The predicted octanol–water partition coefficient (Wildman–Crippen LogP) is 4.36. The van der Waals surface area contributed by atoms with Crippen molar-refractivity contribution in [2.24, 2.45) is 0 Å². The van der Waals surface area contributed by atoms with Crippen molar-refractivity contribution in [2.45, 2.75) is 13.3 Å². The van der Waals surface area contributed by atoms with Crippen LogP contribution in [0.15, 0.2) is 65.0 Å². The van der Waals surface area contributed by atoms with E-state index in [-0.39, 0.29) is 18.0 Å². The Morgan fingerprint density at radius 1 is 1.10 bits per heavy atom. The monoisotopic (exact) mass is 390 g/mol. The van der Waals surface area contributed by atoms with E-state index in [1.165, 1.54) is 12.3 Å². The number of esters is 1. The first-order valence-electron chi connectivity index (χ1n) is 8.99. The minimum absolute atomic E-state index is 0.115. The molecule has 1 aromatic heterocycles. The summed E-state index contributed by atoms with van der Waals surface area (Å²) in [5.41, 5.74) is 1.93. The van der Waals surface area contributed by atoms with Gasteiger partial charge in [0.05, 0.1) is 25.4 Å². The summed E-state index contributed by atoms with van der Waals surface area (Å²) < 4.78 is 21.5. The maximum Gasteiger partial charge on any atom is 0.315 e. The molecule has 1 aliphatic rings. The van der Waals surface area contributed by atoms with Crippen LogP contribution in [0.3, 0.4) is 0 Å². The van der Waals surface area contributed by atoms with Crippen molar-refractivity contribution in [2.75, 3.05) is 7.11 Å². The summed E-state index contributed by atoms with van der Waals surface area (Å²) in [6.07, 6.45) is 3.17. The Balaban J connectivity index is 1.50. The molecule has 146 valence electrons. The van der Waals surface area contributed by atoms with E-state index in [1.54, 1.807) is 50.4 Å². The van der Waals surface area contributed by atoms with Gasteiger partial charge in [0.15, 0.2) is 5.76 Å². The molecule has 0 saturated carbocycles. The first-order valence-corrected chi connectivity index (χ1v) is 8.99. The van der Waals surface area contributed by atoms with Gasteiger partial charge in [0.2, 0.25) is 5.78 Å². The third kappa shape index (κ3) is 3.91. The Morgan fingerprint density at radius 2 is 1.90 bits per heavy atom. The number of hydrogen-bond donors (Lipinski definition) is 0. The van der Waals surface area contributed by atoms with Gasteiger partial charge in [-0.3, -0.25) is 9.59 Å². The van der Waals surface area contributed by atoms with Gasteiger partial charge in [-0.2, -0.15) is 0 Å². The number of carbonyl (C=O) groups is 2. The molecule has 0 spiro atoms. The second-order valence-corrected chi connectivity index (χ2v) is 6.57. The van der Waals surface area contributed by atoms with E-state index in [0.717, 1.165) is 11.3 Å². The van der Waals surface area contributed by atoms with E-state index in [0.29, 0.717) is 28.4 Å². The van der Waals surface area contributed by atoms with E-state index >= 15 is 0 Å². The van der Waals surface area contributed by atoms with Crippen LogP contribution in [0.2, 0.25) is 0 Å². The molecule has 6 heteroatoms. The van der Waals surface area contributed by atoms with E-state index in [9.17, 15) is 9.59 Å². The second kappa shape index (κ2) is 7.67. The lowest BCUT2D eigenvalue weighted by Crippen LogP contribution is -2.11. The number of rotatable bonds is 5. The van der Waals surface area contributed by atoms with Gasteiger partial charge < -0.3 is 18.6 Å². The average molecular weight is 390 g/mol. The molecule has 0 bridgehead atoms. The first kappa shape index (κ1) is 18.6. The highest BCUT2D eigenvalue weighted by Crippen LogP contribution is 2.37. The molecule has 2 heterocycles. The highest BCUT2D eigenvalue weighted by Gasteiger charge is 2.30. The molecular weight excluding hydrogens is 372 g/mol. The van der Waals surface area contributed by atoms with Crippen LogP contribution >= 0.6 is 0 Å². The van der Waals surface area contributed by atoms with Crippen LogP contribution in [0, 0.1) is 6.92 Å². The number of allylic oxidation sites excluding steroid dienone is 1. The molecule has 0 unspecified atom stereocenters. The van der Waals surface area contributed by atoms with Crippen LogP contribution < -0.4 is 14.2 Å². The number of fused-ring (bicyclic) bond motifs is 1. The number of hydrogen-bond acceptors (Lipinski definition) is 6. The lowest BCUT2D eigenvalue weighted by molar-refractivity contribution is -0.133. The predicted molar refractivity (Wildman–Crippen MR) is 105 cm³/mol. The van der Waals surface area contributed by atoms with Gasteiger partial charge in [0.1, 0.15) is 23.0 Å². The number of benzene rings is 2. The number of methoxy groups -OCH3 is 1. The van der Waals surface area contributed by atoms with Crippen molar-refractivity contribution < 1.29 is 28.2 Å². The van der Waals surface area contributed by atoms with Crippen LogP contribution in [0.4, 0.5) is 0 Å². The molecule has 0 N–H and O–H groups in total.